The molecule has 0 amide bonds. The second kappa shape index (κ2) is 66.7. The number of benzene rings is 12. The van der Waals surface area contributed by atoms with E-state index in [0.717, 1.165) is 0 Å². The molecule has 0 aromatic heterocycles. The lowest BCUT2D eigenvalue weighted by Gasteiger charge is -2.18. The van der Waals surface area contributed by atoms with Gasteiger partial charge in [-0.3, -0.25) is 0 Å². The first-order valence-electron chi connectivity index (χ1n) is 48.7. The predicted octanol–water partition coefficient (Wildman–Crippen LogP) is 12.7. The first-order valence-corrected chi connectivity index (χ1v) is 68.8. The zero-order valence-corrected chi connectivity index (χ0v) is 113. The summed E-state index contributed by atoms with van der Waals surface area (Å²) in [5, 5.41) is 0. The Balaban J connectivity index is 0.000000860. The summed E-state index contributed by atoms with van der Waals surface area (Å²) >= 11 is -0.422. The minimum Gasteiger partial charge on any atom is -0.777 e. The summed E-state index contributed by atoms with van der Waals surface area (Å²) in [4.78, 5) is 50.4. The van der Waals surface area contributed by atoms with Crippen LogP contribution in [0, 0.1) is 42.8 Å². The third kappa shape index (κ3) is 65.3. The smallest absolute Gasteiger partial charge is 0.357 e. The first kappa shape index (κ1) is 144. The molecule has 6 unspecified atom stereocenters. The Morgan fingerprint density at radius 1 is 0.127 bits per heavy atom. The number of halogens is 12. The highest BCUT2D eigenvalue weighted by atomic mass is 127. The molecule has 828 valence electrons. The van der Waals surface area contributed by atoms with E-state index in [1.165, 1.54) is 110 Å². The highest BCUT2D eigenvalue weighted by Gasteiger charge is 2.29. The van der Waals surface area contributed by atoms with Crippen molar-refractivity contribution in [2.75, 3.05) is 0 Å². The molecule has 12 aromatic carbocycles. The Kier molecular flexibility index (Phi) is 63.9. The Bertz CT molecular complexity index is 4710. The molecule has 150 heavy (non-hydrogen) atoms. The first-order chi connectivity index (χ1) is 68.4. The Morgan fingerprint density at radius 3 is 0.200 bits per heavy atom. The van der Waals surface area contributed by atoms with E-state index in [9.17, 15) is 25.2 Å². The van der Waals surface area contributed by atoms with Gasteiger partial charge < -0.3 is 56.8 Å². The van der Waals surface area contributed by atoms with Crippen molar-refractivity contribution in [3.05, 3.63) is 401 Å². The molecule has 0 radical (unpaired) electrons. The van der Waals surface area contributed by atoms with Crippen LogP contribution in [0.3, 0.4) is 0 Å². The zero-order chi connectivity index (χ0) is 116. The Morgan fingerprint density at radius 2 is 0.167 bits per heavy atom. The zero-order valence-electron chi connectivity index (χ0n) is 94.1. The van der Waals surface area contributed by atoms with Crippen molar-refractivity contribution >= 4 is 50.0 Å². The fraction of sp³-hybridized carbons (Fsp3) is 0.400. The molecule has 0 aliphatic heterocycles. The second-order valence-corrected chi connectivity index (χ2v) is 68.1. The average Bonchev–Trinajstić information content (AvgIpc) is 0.844. The van der Waals surface area contributed by atoms with E-state index < -0.39 is 50.0 Å². The van der Waals surface area contributed by atoms with Crippen LogP contribution >= 0.6 is 50.0 Å². The standard InChI is InChI=1S/6C20H26I.6FH2O2P/c6*1-19(2,3)15-7-11-17(12-8-15)21-18-13-9-16(10-14-18)20(4,5)6;6*1-4(2)3/h6*7-14H,1-6H3;6*4H,(H,2,3)/q6*+1;;;;;;/p-6. The van der Waals surface area contributed by atoms with Gasteiger partial charge in [0.05, 0.1) is 0 Å². The van der Waals surface area contributed by atoms with Crippen molar-refractivity contribution in [3.8, 4) is 0 Å². The van der Waals surface area contributed by atoms with Gasteiger partial charge >= 0.3 is 127 Å². The van der Waals surface area contributed by atoms with E-state index in [4.69, 9.17) is 56.8 Å². The van der Waals surface area contributed by atoms with Crippen LogP contribution in [0.15, 0.2) is 291 Å². The van der Waals surface area contributed by atoms with Gasteiger partial charge in [0.1, 0.15) is 0 Å². The molecule has 12 nitrogen and oxygen atoms in total. The Labute approximate surface area is 963 Å². The predicted molar refractivity (Wildman–Crippen MR) is 587 cm³/mol. The quantitative estimate of drug-likeness (QED) is 0.0630. The van der Waals surface area contributed by atoms with Gasteiger partial charge in [0, 0.05) is 0 Å². The van der Waals surface area contributed by atoms with Crippen molar-refractivity contribution < 1.29 is 209 Å². The minimum atomic E-state index is -3.88. The van der Waals surface area contributed by atoms with Crippen molar-refractivity contribution in [1.82, 2.24) is 0 Å². The molecule has 0 N–H and O–H groups in total. The van der Waals surface area contributed by atoms with Gasteiger partial charge in [0.25, 0.3) is 0 Å². The highest BCUT2D eigenvalue weighted by Crippen LogP contribution is 2.31. The molecular formula is C120H162F6I6O12P6. The molecule has 30 heteroatoms. The molecule has 12 aromatic rings. The lowest BCUT2D eigenvalue weighted by atomic mass is 9.87. The van der Waals surface area contributed by atoms with E-state index in [1.807, 2.05) is 0 Å². The summed E-state index contributed by atoms with van der Waals surface area (Å²) in [5.41, 5.74) is 19.9. The lowest BCUT2D eigenvalue weighted by molar-refractivity contribution is -0.597. The van der Waals surface area contributed by atoms with Crippen LogP contribution in [0.5, 0.6) is 0 Å². The third-order valence-corrected chi connectivity index (χ3v) is 37.9. The maximum Gasteiger partial charge on any atom is 0.357 e. The minimum absolute atomic E-state index is 0.0703. The summed E-state index contributed by atoms with van der Waals surface area (Å²) < 4.78 is 128. The summed E-state index contributed by atoms with van der Waals surface area (Å²) in [5.74, 6) is 0. The van der Waals surface area contributed by atoms with E-state index in [-0.39, 0.29) is 192 Å². The fourth-order valence-corrected chi connectivity index (χ4v) is 25.9. The van der Waals surface area contributed by atoms with Crippen LogP contribution < -0.4 is 157 Å². The van der Waals surface area contributed by atoms with Crippen LogP contribution in [-0.4, -0.2) is 0 Å². The van der Waals surface area contributed by atoms with Gasteiger partial charge in [-0.05, 0) is 277 Å². The van der Waals surface area contributed by atoms with Crippen molar-refractivity contribution in [2.45, 2.75) is 314 Å². The summed E-state index contributed by atoms with van der Waals surface area (Å²) in [7, 11) is -23.3. The van der Waals surface area contributed by atoms with E-state index in [0.29, 0.717) is 0 Å². The van der Waals surface area contributed by atoms with E-state index in [2.05, 4.69) is 540 Å². The largest absolute Gasteiger partial charge is 0.777 e. The molecule has 0 aliphatic rings. The fourth-order valence-electron chi connectivity index (χ4n) is 12.9. The van der Waals surface area contributed by atoms with Crippen molar-refractivity contribution in [2.24, 2.45) is 0 Å². The summed E-state index contributed by atoms with van der Waals surface area (Å²) in [6.07, 6.45) is 0. The van der Waals surface area contributed by atoms with Crippen LogP contribution in [-0.2, 0) is 92.4 Å². The van der Waals surface area contributed by atoms with Crippen molar-refractivity contribution in [1.29, 1.82) is 0 Å². The number of hydrogen-bond donors (Lipinski definition) is 0. The lowest BCUT2D eigenvalue weighted by Crippen LogP contribution is -3.61. The van der Waals surface area contributed by atoms with Crippen LogP contribution in [0.1, 0.15) is 316 Å². The van der Waals surface area contributed by atoms with Gasteiger partial charge in [0.2, 0.25) is 0 Å². The SMILES string of the molecule is CC(C)(C)c1ccc([I+]c2ccc(C(C)(C)C)cc2)cc1.CC(C)(C)c1ccc([I+]c2ccc(C(C)(C)C)cc2)cc1.CC(C)(C)c1ccc([I+]c2ccc(C(C)(C)C)cc2)cc1.CC(C)(C)c1ccc([I+]c2ccc(C(C)(C)C)cc2)cc1.CC(C)(C)c1ccc([I+]c2ccc(C(C)(C)C)cc2)cc1.CC(C)(C)c1ccc([I+]c2ccc(C(C)(C)C)cc2)cc1.O=[PH]([O-])F.O=[PH]([O-])F.O=[PH]([O-])F.O=[PH]([O-])F.O=[PH]([O-])F.O=[PH]([O-])F. The summed E-state index contributed by atoms with van der Waals surface area (Å²) in [6, 6.07) is 110. The molecule has 12 rings (SSSR count). The van der Waals surface area contributed by atoms with E-state index in [1.54, 1.807) is 0 Å². The normalized spacial score (nSPS) is 13.0. The van der Waals surface area contributed by atoms with Gasteiger partial charge in [-0.2, -0.15) is 0 Å². The number of hydrogen-bond acceptors (Lipinski definition) is 12. The molecule has 0 saturated carbocycles. The van der Waals surface area contributed by atoms with Crippen LogP contribution in [0.4, 0.5) is 25.2 Å². The third-order valence-electron chi connectivity index (χ3n) is 21.8. The molecular weight excluding hydrogens is 2690 g/mol. The summed E-state index contributed by atoms with van der Waals surface area (Å²) in [6.45, 7) is 81.6. The van der Waals surface area contributed by atoms with Crippen LogP contribution in [0.2, 0.25) is 0 Å². The molecule has 0 heterocycles. The highest BCUT2D eigenvalue weighted by molar-refractivity contribution is 7.30. The molecule has 0 aliphatic carbocycles. The average molecular weight is 2860 g/mol. The van der Waals surface area contributed by atoms with Gasteiger partial charge in [-0.1, -0.05) is 395 Å². The maximum absolute atomic E-state index is 9.99. The molecule has 0 fully saturated rings. The van der Waals surface area contributed by atoms with Gasteiger partial charge in [-0.15, -0.1) is 0 Å². The van der Waals surface area contributed by atoms with Gasteiger partial charge in [0.15, 0.2) is 92.9 Å². The second-order valence-electron chi connectivity index (χ2n) is 47.1. The van der Waals surface area contributed by atoms with Gasteiger partial charge in [-0.25, -0.2) is 25.2 Å². The maximum atomic E-state index is 9.99. The van der Waals surface area contributed by atoms with E-state index >= 15 is 0 Å². The molecule has 0 saturated heterocycles. The van der Waals surface area contributed by atoms with Crippen LogP contribution in [0.25, 0.3) is 0 Å². The molecule has 6 atom stereocenters. The monoisotopic (exact) mass is 2860 g/mol. The van der Waals surface area contributed by atoms with Crippen molar-refractivity contribution in [3.63, 3.8) is 0 Å². The Hall–Kier alpha value is -4.26. The number of rotatable bonds is 12. The molecule has 0 bridgehead atoms. The molecule has 0 spiro atoms. The topological polar surface area (TPSA) is 241 Å².